The van der Waals surface area contributed by atoms with Crippen LogP contribution in [0, 0.1) is 11.8 Å². The second kappa shape index (κ2) is 19.0. The Morgan fingerprint density at radius 1 is 0.647 bits per heavy atom. The minimum Gasteiger partial charge on any atom is -0.463 e. The summed E-state index contributed by atoms with van der Waals surface area (Å²) in [7, 11) is 0. The van der Waals surface area contributed by atoms with Crippen molar-refractivity contribution in [1.29, 1.82) is 0 Å². The molecule has 0 aliphatic heterocycles. The number of carbonyl (C=O) groups is 4. The molecule has 0 fully saturated rings. The van der Waals surface area contributed by atoms with Gasteiger partial charge in [0, 0.05) is 12.2 Å². The molecule has 0 aromatic carbocycles. The second-order valence-corrected chi connectivity index (χ2v) is 8.58. The number of hydrogen-bond acceptors (Lipinski definition) is 8. The second-order valence-electron chi connectivity index (χ2n) is 8.58. The Morgan fingerprint density at radius 2 is 1.00 bits per heavy atom. The zero-order valence-electron chi connectivity index (χ0n) is 21.8. The first-order valence-corrected chi connectivity index (χ1v) is 12.6. The third kappa shape index (κ3) is 14.7. The van der Waals surface area contributed by atoms with Gasteiger partial charge in [-0.15, -0.1) is 0 Å². The van der Waals surface area contributed by atoms with Gasteiger partial charge in [0.05, 0.1) is 13.2 Å². The molecule has 4 atom stereocenters. The Labute approximate surface area is 204 Å². The Kier molecular flexibility index (Phi) is 17.7. The highest BCUT2D eigenvalue weighted by Crippen LogP contribution is 2.14. The first kappa shape index (κ1) is 31.6. The van der Waals surface area contributed by atoms with E-state index in [1.807, 2.05) is 13.8 Å². The van der Waals surface area contributed by atoms with Crippen molar-refractivity contribution in [2.24, 2.45) is 11.8 Å². The number of unbranched alkanes of at least 4 members (excludes halogenated alkanes) is 2. The fourth-order valence-electron chi connectivity index (χ4n) is 3.09. The van der Waals surface area contributed by atoms with Gasteiger partial charge in [0.2, 0.25) is 0 Å². The summed E-state index contributed by atoms with van der Waals surface area (Å²) in [5.74, 6) is -2.51. The normalized spacial score (nSPS) is 14.6. The average Bonchev–Trinajstić information content (AvgIpc) is 2.82. The summed E-state index contributed by atoms with van der Waals surface area (Å²) in [6, 6.07) is 0. The van der Waals surface area contributed by atoms with Gasteiger partial charge in [-0.1, -0.05) is 66.2 Å². The van der Waals surface area contributed by atoms with Gasteiger partial charge in [-0.3, -0.25) is 0 Å². The number of hydrogen-bond donors (Lipinski definition) is 0. The van der Waals surface area contributed by atoms with E-state index < -0.39 is 36.1 Å². The van der Waals surface area contributed by atoms with Crippen LogP contribution in [0.25, 0.3) is 0 Å². The predicted molar refractivity (Wildman–Crippen MR) is 129 cm³/mol. The smallest absolute Gasteiger partial charge is 0.347 e. The summed E-state index contributed by atoms with van der Waals surface area (Å²) < 4.78 is 20.4. The van der Waals surface area contributed by atoms with Crippen LogP contribution in [0.2, 0.25) is 0 Å². The number of rotatable bonds is 18. The predicted octanol–water partition coefficient (Wildman–Crippen LogP) is 4.93. The highest BCUT2D eigenvalue weighted by molar-refractivity contribution is 5.93. The first-order chi connectivity index (χ1) is 16.2. The van der Waals surface area contributed by atoms with E-state index in [1.54, 1.807) is 0 Å². The summed E-state index contributed by atoms with van der Waals surface area (Å²) in [6.07, 6.45) is 7.51. The van der Waals surface area contributed by atoms with Gasteiger partial charge in [0.15, 0.2) is 12.2 Å². The molecule has 0 amide bonds. The van der Waals surface area contributed by atoms with Crippen LogP contribution in [-0.2, 0) is 38.1 Å². The monoisotopic (exact) mass is 484 g/mol. The molecule has 8 heteroatoms. The van der Waals surface area contributed by atoms with Gasteiger partial charge < -0.3 is 18.9 Å². The lowest BCUT2D eigenvalue weighted by Gasteiger charge is -2.17. The molecule has 0 rings (SSSR count). The minimum atomic E-state index is -1.11. The molecule has 4 unspecified atom stereocenters. The van der Waals surface area contributed by atoms with Crippen LogP contribution in [0.1, 0.15) is 92.9 Å². The molecule has 0 aliphatic rings. The molecule has 0 aromatic rings. The fourth-order valence-corrected chi connectivity index (χ4v) is 3.09. The van der Waals surface area contributed by atoms with Gasteiger partial charge in [-0.2, -0.15) is 0 Å². The van der Waals surface area contributed by atoms with E-state index in [4.69, 9.17) is 18.9 Å². The topological polar surface area (TPSA) is 105 Å². The molecule has 0 bridgehead atoms. The zero-order valence-corrected chi connectivity index (χ0v) is 21.8. The van der Waals surface area contributed by atoms with Gasteiger partial charge >= 0.3 is 23.9 Å². The summed E-state index contributed by atoms with van der Waals surface area (Å²) >= 11 is 0. The third-order valence-corrected chi connectivity index (χ3v) is 5.61. The van der Waals surface area contributed by atoms with Gasteiger partial charge in [0.1, 0.15) is 0 Å². The molecule has 0 radical (unpaired) electrons. The molecular weight excluding hydrogens is 440 g/mol. The van der Waals surface area contributed by atoms with Crippen molar-refractivity contribution >= 4 is 23.9 Å². The molecule has 0 aromatic heterocycles. The molecule has 34 heavy (non-hydrogen) atoms. The van der Waals surface area contributed by atoms with E-state index in [-0.39, 0.29) is 25.0 Å². The summed E-state index contributed by atoms with van der Waals surface area (Å²) in [5, 5.41) is 0. The van der Waals surface area contributed by atoms with Crippen LogP contribution >= 0.6 is 0 Å². The Bertz CT molecular complexity index is 589. The lowest BCUT2D eigenvalue weighted by molar-refractivity contribution is -0.165. The van der Waals surface area contributed by atoms with E-state index in [9.17, 15) is 19.2 Å². The average molecular weight is 485 g/mol. The SMILES string of the molecule is CCCCC(CC)COC(=O)C(C)OC(=O)C=CC(=O)OC(C)C(=O)OCC(CC)CCCC. The van der Waals surface area contributed by atoms with Crippen molar-refractivity contribution in [3.8, 4) is 0 Å². The van der Waals surface area contributed by atoms with Crippen molar-refractivity contribution in [3.63, 3.8) is 0 Å². The molecule has 0 N–H and O–H groups in total. The maximum absolute atomic E-state index is 12.1. The van der Waals surface area contributed by atoms with Crippen LogP contribution in [-0.4, -0.2) is 49.3 Å². The quantitative estimate of drug-likeness (QED) is 0.153. The maximum atomic E-state index is 12.1. The minimum absolute atomic E-state index is 0.277. The van der Waals surface area contributed by atoms with Crippen LogP contribution in [0.15, 0.2) is 12.2 Å². The molecular formula is C26H44O8. The third-order valence-electron chi connectivity index (χ3n) is 5.61. The summed E-state index contributed by atoms with van der Waals surface area (Å²) in [6.45, 7) is 11.7. The molecule has 8 nitrogen and oxygen atoms in total. The van der Waals surface area contributed by atoms with Gasteiger partial charge in [-0.25, -0.2) is 19.2 Å². The standard InChI is InChI=1S/C26H44O8/c1-7-11-13-21(9-3)17-31-25(29)19(5)33-23(27)15-16-24(28)34-20(6)26(30)32-18-22(10-4)14-12-8-2/h15-16,19-22H,7-14,17-18H2,1-6H3. The highest BCUT2D eigenvalue weighted by Gasteiger charge is 2.21. The summed E-state index contributed by atoms with van der Waals surface area (Å²) in [5.41, 5.74) is 0. The van der Waals surface area contributed by atoms with Crippen molar-refractivity contribution in [1.82, 2.24) is 0 Å². The molecule has 0 spiro atoms. The van der Waals surface area contributed by atoms with Gasteiger partial charge in [-0.05, 0) is 38.5 Å². The van der Waals surface area contributed by atoms with Crippen LogP contribution in [0.3, 0.4) is 0 Å². The van der Waals surface area contributed by atoms with Crippen LogP contribution in [0.5, 0.6) is 0 Å². The van der Waals surface area contributed by atoms with Crippen molar-refractivity contribution in [2.45, 2.75) is 105 Å². The van der Waals surface area contributed by atoms with E-state index in [2.05, 4.69) is 13.8 Å². The lowest BCUT2D eigenvalue weighted by Crippen LogP contribution is -2.28. The zero-order chi connectivity index (χ0) is 25.9. The molecule has 0 aliphatic carbocycles. The number of esters is 4. The maximum Gasteiger partial charge on any atom is 0.347 e. The Hall–Kier alpha value is -2.38. The Balaban J connectivity index is 4.40. The molecule has 0 saturated heterocycles. The van der Waals surface area contributed by atoms with Crippen molar-refractivity contribution < 1.29 is 38.1 Å². The van der Waals surface area contributed by atoms with E-state index in [0.717, 1.165) is 63.5 Å². The molecule has 196 valence electrons. The lowest BCUT2D eigenvalue weighted by atomic mass is 10.0. The molecule has 0 saturated carbocycles. The Morgan fingerprint density at radius 3 is 1.29 bits per heavy atom. The van der Waals surface area contributed by atoms with Crippen LogP contribution in [0.4, 0.5) is 0 Å². The number of carbonyl (C=O) groups excluding carboxylic acids is 4. The van der Waals surface area contributed by atoms with Crippen LogP contribution < -0.4 is 0 Å². The first-order valence-electron chi connectivity index (χ1n) is 12.6. The largest absolute Gasteiger partial charge is 0.463 e. The van der Waals surface area contributed by atoms with Crippen molar-refractivity contribution in [3.05, 3.63) is 12.2 Å². The fraction of sp³-hybridized carbons (Fsp3) is 0.769. The number of ether oxygens (including phenoxy) is 4. The van der Waals surface area contributed by atoms with E-state index >= 15 is 0 Å². The summed E-state index contributed by atoms with van der Waals surface area (Å²) in [4.78, 5) is 47.9. The molecule has 0 heterocycles. The van der Waals surface area contributed by atoms with Gasteiger partial charge in [0.25, 0.3) is 0 Å². The highest BCUT2D eigenvalue weighted by atomic mass is 16.6. The van der Waals surface area contributed by atoms with E-state index in [0.29, 0.717) is 0 Å². The van der Waals surface area contributed by atoms with Crippen molar-refractivity contribution in [2.75, 3.05) is 13.2 Å². The van der Waals surface area contributed by atoms with E-state index in [1.165, 1.54) is 13.8 Å².